The molecule has 2 rings (SSSR count). The molecule has 0 spiro atoms. The van der Waals surface area contributed by atoms with Gasteiger partial charge >= 0.3 is 0 Å². The van der Waals surface area contributed by atoms with Crippen LogP contribution in [0.2, 0.25) is 0 Å². The van der Waals surface area contributed by atoms with Gasteiger partial charge in [0.15, 0.2) is 5.78 Å². The number of hydrogen-bond acceptors (Lipinski definition) is 3. The average Bonchev–Trinajstić information content (AvgIpc) is 2.94. The first-order valence-electron chi connectivity index (χ1n) is 5.58. The van der Waals surface area contributed by atoms with Gasteiger partial charge < -0.3 is 10.3 Å². The number of H-pyrrole nitrogens is 1. The molecule has 0 aliphatic heterocycles. The number of rotatable bonds is 4. The highest BCUT2D eigenvalue weighted by molar-refractivity contribution is 7.10. The molecule has 94 valence electrons. The van der Waals surface area contributed by atoms with Gasteiger partial charge in [0.25, 0.3) is 5.91 Å². The van der Waals surface area contributed by atoms with E-state index >= 15 is 0 Å². The number of carbonyl (C=O) groups is 2. The maximum Gasteiger partial charge on any atom is 0.268 e. The zero-order chi connectivity index (χ0) is 13.1. The number of nitrogens with one attached hydrogen (secondary N) is 2. The summed E-state index contributed by atoms with van der Waals surface area (Å²) in [6.45, 7) is 4.00. The van der Waals surface area contributed by atoms with E-state index in [0.29, 0.717) is 17.8 Å². The van der Waals surface area contributed by atoms with E-state index in [1.165, 1.54) is 12.5 Å². The molecule has 0 aliphatic carbocycles. The number of carbonyl (C=O) groups excluding carboxylic acids is 2. The summed E-state index contributed by atoms with van der Waals surface area (Å²) in [5.74, 6) is -0.255. The fourth-order valence-electron chi connectivity index (χ4n) is 1.57. The first-order valence-corrected chi connectivity index (χ1v) is 6.46. The van der Waals surface area contributed by atoms with Crippen molar-refractivity contribution >= 4 is 23.0 Å². The van der Waals surface area contributed by atoms with Crippen LogP contribution in [0.25, 0.3) is 0 Å². The molecule has 1 amide bonds. The topological polar surface area (TPSA) is 62.0 Å². The van der Waals surface area contributed by atoms with Gasteiger partial charge in [0.1, 0.15) is 5.69 Å². The lowest BCUT2D eigenvalue weighted by atomic mass is 10.2. The van der Waals surface area contributed by atoms with E-state index in [1.54, 1.807) is 23.6 Å². The standard InChI is InChI=1S/C13H14N2O2S/c1-8-3-4-18-12(8)7-15-13(17)11-5-10(6-14-11)9(2)16/h3-6,14H,7H2,1-2H3,(H,15,17). The van der Waals surface area contributed by atoms with Crippen molar-refractivity contribution in [3.8, 4) is 0 Å². The molecule has 0 aliphatic rings. The van der Waals surface area contributed by atoms with Crippen LogP contribution in [0.4, 0.5) is 0 Å². The van der Waals surface area contributed by atoms with Crippen LogP contribution in [0.1, 0.15) is 38.2 Å². The molecular weight excluding hydrogens is 248 g/mol. The number of amides is 1. The summed E-state index contributed by atoms with van der Waals surface area (Å²) < 4.78 is 0. The van der Waals surface area contributed by atoms with Crippen LogP contribution < -0.4 is 5.32 Å². The van der Waals surface area contributed by atoms with E-state index in [-0.39, 0.29) is 11.7 Å². The minimum Gasteiger partial charge on any atom is -0.356 e. The molecule has 0 atom stereocenters. The van der Waals surface area contributed by atoms with E-state index in [4.69, 9.17) is 0 Å². The van der Waals surface area contributed by atoms with E-state index in [2.05, 4.69) is 10.3 Å². The van der Waals surface area contributed by atoms with Crippen molar-refractivity contribution in [2.75, 3.05) is 0 Å². The van der Waals surface area contributed by atoms with Crippen molar-refractivity contribution in [2.45, 2.75) is 20.4 Å². The molecule has 2 aromatic rings. The van der Waals surface area contributed by atoms with E-state index in [0.717, 1.165) is 4.88 Å². The van der Waals surface area contributed by atoms with Gasteiger partial charge in [-0.15, -0.1) is 11.3 Å². The molecule has 0 saturated heterocycles. The Balaban J connectivity index is 1.99. The predicted molar refractivity (Wildman–Crippen MR) is 71.0 cm³/mol. The zero-order valence-corrected chi connectivity index (χ0v) is 11.1. The summed E-state index contributed by atoms with van der Waals surface area (Å²) in [5, 5.41) is 4.82. The van der Waals surface area contributed by atoms with Gasteiger partial charge in [0, 0.05) is 16.6 Å². The maximum atomic E-state index is 11.8. The molecule has 18 heavy (non-hydrogen) atoms. The van der Waals surface area contributed by atoms with Crippen LogP contribution in [0.3, 0.4) is 0 Å². The fraction of sp³-hybridized carbons (Fsp3) is 0.231. The highest BCUT2D eigenvalue weighted by Crippen LogP contribution is 2.15. The molecular formula is C13H14N2O2S. The highest BCUT2D eigenvalue weighted by atomic mass is 32.1. The minimum atomic E-state index is -0.199. The SMILES string of the molecule is CC(=O)c1c[nH]c(C(=O)NCc2sccc2C)c1. The first kappa shape index (κ1) is 12.6. The Bertz CT molecular complexity index is 583. The van der Waals surface area contributed by atoms with Crippen molar-refractivity contribution in [3.63, 3.8) is 0 Å². The van der Waals surface area contributed by atoms with Crippen LogP contribution in [-0.4, -0.2) is 16.7 Å². The zero-order valence-electron chi connectivity index (χ0n) is 10.2. The van der Waals surface area contributed by atoms with Crippen LogP contribution in [0.15, 0.2) is 23.7 Å². The lowest BCUT2D eigenvalue weighted by Crippen LogP contribution is -2.22. The number of ketones is 1. The normalized spacial score (nSPS) is 10.3. The lowest BCUT2D eigenvalue weighted by molar-refractivity contribution is 0.0946. The smallest absolute Gasteiger partial charge is 0.268 e. The third-order valence-corrected chi connectivity index (χ3v) is 3.73. The van der Waals surface area contributed by atoms with E-state index < -0.39 is 0 Å². The minimum absolute atomic E-state index is 0.0561. The number of aromatic nitrogens is 1. The first-order chi connectivity index (χ1) is 8.58. The fourth-order valence-corrected chi connectivity index (χ4v) is 2.42. The van der Waals surface area contributed by atoms with Crippen molar-refractivity contribution < 1.29 is 9.59 Å². The van der Waals surface area contributed by atoms with Crippen molar-refractivity contribution in [1.29, 1.82) is 0 Å². The second kappa shape index (κ2) is 5.18. The summed E-state index contributed by atoms with van der Waals surface area (Å²) in [4.78, 5) is 26.9. The van der Waals surface area contributed by atoms with Crippen LogP contribution in [0.5, 0.6) is 0 Å². The van der Waals surface area contributed by atoms with Gasteiger partial charge in [-0.1, -0.05) is 0 Å². The van der Waals surface area contributed by atoms with E-state index in [9.17, 15) is 9.59 Å². The molecule has 2 aromatic heterocycles. The number of Topliss-reactive ketones (excluding diaryl/α,β-unsaturated/α-hetero) is 1. The average molecular weight is 262 g/mol. The summed E-state index contributed by atoms with van der Waals surface area (Å²) in [7, 11) is 0. The Kier molecular flexibility index (Phi) is 3.62. The summed E-state index contributed by atoms with van der Waals surface area (Å²) >= 11 is 1.62. The third kappa shape index (κ3) is 2.68. The quantitative estimate of drug-likeness (QED) is 0.832. The van der Waals surface area contributed by atoms with Crippen LogP contribution in [0, 0.1) is 6.92 Å². The second-order valence-electron chi connectivity index (χ2n) is 4.07. The van der Waals surface area contributed by atoms with Gasteiger partial charge in [0.05, 0.1) is 6.54 Å². The van der Waals surface area contributed by atoms with Gasteiger partial charge in [-0.05, 0) is 36.9 Å². The Hall–Kier alpha value is -1.88. The van der Waals surface area contributed by atoms with Crippen molar-refractivity contribution in [1.82, 2.24) is 10.3 Å². The molecule has 0 bridgehead atoms. The highest BCUT2D eigenvalue weighted by Gasteiger charge is 2.10. The predicted octanol–water partition coefficient (Wildman–Crippen LogP) is 2.52. The molecule has 0 aromatic carbocycles. The summed E-state index contributed by atoms with van der Waals surface area (Å²) in [6, 6.07) is 3.59. The second-order valence-corrected chi connectivity index (χ2v) is 5.07. The molecule has 0 saturated carbocycles. The number of thiophene rings is 1. The lowest BCUT2D eigenvalue weighted by Gasteiger charge is -2.02. The Morgan fingerprint density at radius 2 is 2.22 bits per heavy atom. The van der Waals surface area contributed by atoms with Crippen LogP contribution in [-0.2, 0) is 6.54 Å². The van der Waals surface area contributed by atoms with Crippen LogP contribution >= 0.6 is 11.3 Å². The Labute approximate surface area is 109 Å². The van der Waals surface area contributed by atoms with Gasteiger partial charge in [-0.3, -0.25) is 9.59 Å². The summed E-state index contributed by atoms with van der Waals surface area (Å²) in [5.41, 5.74) is 2.11. The molecule has 4 nitrogen and oxygen atoms in total. The maximum absolute atomic E-state index is 11.8. The van der Waals surface area contributed by atoms with Gasteiger partial charge in [0.2, 0.25) is 0 Å². The van der Waals surface area contributed by atoms with Crippen molar-refractivity contribution in [3.05, 3.63) is 45.4 Å². The Morgan fingerprint density at radius 1 is 1.44 bits per heavy atom. The summed E-state index contributed by atoms with van der Waals surface area (Å²) in [6.07, 6.45) is 1.55. The largest absolute Gasteiger partial charge is 0.356 e. The number of aryl methyl sites for hydroxylation is 1. The molecule has 0 fully saturated rings. The monoisotopic (exact) mass is 262 g/mol. The molecule has 0 radical (unpaired) electrons. The number of aromatic amines is 1. The van der Waals surface area contributed by atoms with E-state index in [1.807, 2.05) is 18.4 Å². The van der Waals surface area contributed by atoms with Crippen molar-refractivity contribution in [2.24, 2.45) is 0 Å². The van der Waals surface area contributed by atoms with Gasteiger partial charge in [-0.25, -0.2) is 0 Å². The van der Waals surface area contributed by atoms with Gasteiger partial charge in [-0.2, -0.15) is 0 Å². The molecule has 2 heterocycles. The molecule has 2 N–H and O–H groups in total. The third-order valence-electron chi connectivity index (χ3n) is 2.71. The number of hydrogen-bond donors (Lipinski definition) is 2. The molecule has 0 unspecified atom stereocenters. The Morgan fingerprint density at radius 3 is 2.78 bits per heavy atom. The molecule has 5 heteroatoms.